The Hall–Kier alpha value is -1.61. The molecule has 0 aliphatic rings. The average molecular weight is 201 g/mol. The summed E-state index contributed by atoms with van der Waals surface area (Å²) in [5, 5.41) is 4.24. The molecular weight excluding hydrogens is 186 g/mol. The van der Waals surface area contributed by atoms with Crippen LogP contribution in [-0.2, 0) is 13.6 Å². The molecule has 1 aromatic carbocycles. The van der Waals surface area contributed by atoms with Crippen molar-refractivity contribution in [3.63, 3.8) is 0 Å². The minimum absolute atomic E-state index is 0.514. The molecule has 0 saturated carbocycles. The summed E-state index contributed by atoms with van der Waals surface area (Å²) in [6.07, 6.45) is 1.88. The summed E-state index contributed by atoms with van der Waals surface area (Å²) in [5.41, 5.74) is 10.4. The van der Waals surface area contributed by atoms with Crippen molar-refractivity contribution in [1.82, 2.24) is 9.78 Å². The molecule has 2 aromatic rings. The van der Waals surface area contributed by atoms with E-state index in [1.165, 1.54) is 11.1 Å². The van der Waals surface area contributed by atoms with E-state index < -0.39 is 0 Å². The van der Waals surface area contributed by atoms with Crippen LogP contribution in [-0.4, -0.2) is 9.78 Å². The van der Waals surface area contributed by atoms with Crippen LogP contribution in [0.2, 0.25) is 0 Å². The van der Waals surface area contributed by atoms with Crippen LogP contribution in [0.5, 0.6) is 0 Å². The number of hydrogen-bond acceptors (Lipinski definition) is 2. The lowest BCUT2D eigenvalue weighted by Gasteiger charge is -2.06. The van der Waals surface area contributed by atoms with Gasteiger partial charge >= 0.3 is 0 Å². The van der Waals surface area contributed by atoms with Crippen LogP contribution in [0.25, 0.3) is 11.1 Å². The first kappa shape index (κ1) is 9.93. The molecule has 15 heavy (non-hydrogen) atoms. The van der Waals surface area contributed by atoms with Crippen LogP contribution in [0.15, 0.2) is 30.5 Å². The van der Waals surface area contributed by atoms with Crippen LogP contribution in [0.3, 0.4) is 0 Å². The second kappa shape index (κ2) is 3.87. The minimum atomic E-state index is 0.514. The fraction of sp³-hybridized carbons (Fsp3) is 0.250. The van der Waals surface area contributed by atoms with Crippen molar-refractivity contribution in [3.8, 4) is 11.1 Å². The van der Waals surface area contributed by atoms with Gasteiger partial charge in [0.25, 0.3) is 0 Å². The lowest BCUT2D eigenvalue weighted by atomic mass is 10.0. The Bertz CT molecular complexity index is 471. The van der Waals surface area contributed by atoms with E-state index in [9.17, 15) is 0 Å². The molecule has 0 aliphatic carbocycles. The Balaban J connectivity index is 2.59. The van der Waals surface area contributed by atoms with Crippen LogP contribution >= 0.6 is 0 Å². The fourth-order valence-corrected chi connectivity index (χ4v) is 1.81. The first-order valence-corrected chi connectivity index (χ1v) is 5.01. The van der Waals surface area contributed by atoms with Gasteiger partial charge in [0.1, 0.15) is 0 Å². The highest BCUT2D eigenvalue weighted by atomic mass is 15.3. The molecule has 1 heterocycles. The largest absolute Gasteiger partial charge is 0.325 e. The molecule has 0 aliphatic heterocycles. The molecule has 3 heteroatoms. The zero-order chi connectivity index (χ0) is 10.8. The van der Waals surface area contributed by atoms with Crippen molar-refractivity contribution >= 4 is 0 Å². The molecular formula is C12H15N3. The first-order valence-electron chi connectivity index (χ1n) is 5.01. The van der Waals surface area contributed by atoms with Gasteiger partial charge < -0.3 is 5.73 Å². The molecule has 0 unspecified atom stereocenters. The SMILES string of the molecule is Cc1ccccc1-c1cnn(C)c1CN. The van der Waals surface area contributed by atoms with Crippen molar-refractivity contribution in [2.75, 3.05) is 0 Å². The second-order valence-electron chi connectivity index (χ2n) is 3.65. The zero-order valence-corrected chi connectivity index (χ0v) is 9.07. The monoisotopic (exact) mass is 201 g/mol. The molecule has 2 N–H and O–H groups in total. The maximum absolute atomic E-state index is 5.72. The molecule has 78 valence electrons. The maximum Gasteiger partial charge on any atom is 0.0595 e. The van der Waals surface area contributed by atoms with E-state index in [1.54, 1.807) is 0 Å². The normalized spacial score (nSPS) is 10.6. The lowest BCUT2D eigenvalue weighted by Crippen LogP contribution is -2.05. The Morgan fingerprint density at radius 2 is 2.00 bits per heavy atom. The molecule has 1 aromatic heterocycles. The molecule has 0 amide bonds. The molecule has 0 saturated heterocycles. The van der Waals surface area contributed by atoms with Crippen molar-refractivity contribution in [2.24, 2.45) is 12.8 Å². The number of rotatable bonds is 2. The molecule has 0 fully saturated rings. The number of nitrogens with zero attached hydrogens (tertiary/aromatic N) is 2. The molecule has 0 radical (unpaired) electrons. The molecule has 3 nitrogen and oxygen atoms in total. The van der Waals surface area contributed by atoms with Crippen LogP contribution in [0, 0.1) is 6.92 Å². The summed E-state index contributed by atoms with van der Waals surface area (Å²) in [5.74, 6) is 0. The summed E-state index contributed by atoms with van der Waals surface area (Å²) in [4.78, 5) is 0. The molecule has 2 rings (SSSR count). The third-order valence-corrected chi connectivity index (χ3v) is 2.69. The van der Waals surface area contributed by atoms with E-state index >= 15 is 0 Å². The highest BCUT2D eigenvalue weighted by Crippen LogP contribution is 2.25. The van der Waals surface area contributed by atoms with Gasteiger partial charge in [-0.2, -0.15) is 5.10 Å². The minimum Gasteiger partial charge on any atom is -0.325 e. The number of benzene rings is 1. The van der Waals surface area contributed by atoms with Gasteiger partial charge in [0.05, 0.1) is 11.9 Å². The van der Waals surface area contributed by atoms with Crippen LogP contribution < -0.4 is 5.73 Å². The summed E-state index contributed by atoms with van der Waals surface area (Å²) in [7, 11) is 1.92. The van der Waals surface area contributed by atoms with Crippen molar-refractivity contribution in [3.05, 3.63) is 41.7 Å². The smallest absolute Gasteiger partial charge is 0.0595 e. The molecule has 0 atom stereocenters. The van der Waals surface area contributed by atoms with Gasteiger partial charge in [-0.1, -0.05) is 24.3 Å². The van der Waals surface area contributed by atoms with Crippen molar-refractivity contribution in [1.29, 1.82) is 0 Å². The fourth-order valence-electron chi connectivity index (χ4n) is 1.81. The van der Waals surface area contributed by atoms with Gasteiger partial charge in [-0.3, -0.25) is 4.68 Å². The van der Waals surface area contributed by atoms with Gasteiger partial charge in [-0.15, -0.1) is 0 Å². The highest BCUT2D eigenvalue weighted by Gasteiger charge is 2.10. The number of aryl methyl sites for hydroxylation is 2. The lowest BCUT2D eigenvalue weighted by molar-refractivity contribution is 0.713. The Kier molecular flexibility index (Phi) is 2.56. The topological polar surface area (TPSA) is 43.8 Å². The predicted molar refractivity (Wildman–Crippen MR) is 61.3 cm³/mol. The third-order valence-electron chi connectivity index (χ3n) is 2.69. The van der Waals surface area contributed by atoms with E-state index in [0.717, 1.165) is 11.3 Å². The molecule has 0 spiro atoms. The zero-order valence-electron chi connectivity index (χ0n) is 9.07. The number of nitrogens with two attached hydrogens (primary N) is 1. The Labute approximate surface area is 89.5 Å². The predicted octanol–water partition coefficient (Wildman–Crippen LogP) is 1.85. The van der Waals surface area contributed by atoms with Gasteiger partial charge in [0, 0.05) is 19.2 Å². The summed E-state index contributed by atoms with van der Waals surface area (Å²) in [6, 6.07) is 8.28. The van der Waals surface area contributed by atoms with Crippen LogP contribution in [0.4, 0.5) is 0 Å². The van der Waals surface area contributed by atoms with E-state index in [4.69, 9.17) is 5.73 Å². The Morgan fingerprint density at radius 1 is 1.27 bits per heavy atom. The summed E-state index contributed by atoms with van der Waals surface area (Å²) in [6.45, 7) is 2.61. The van der Waals surface area contributed by atoms with Crippen molar-refractivity contribution in [2.45, 2.75) is 13.5 Å². The van der Waals surface area contributed by atoms with Crippen molar-refractivity contribution < 1.29 is 0 Å². The first-order chi connectivity index (χ1) is 7.24. The number of aromatic nitrogens is 2. The van der Waals surface area contributed by atoms with Gasteiger partial charge in [-0.25, -0.2) is 0 Å². The third kappa shape index (κ3) is 1.66. The Morgan fingerprint density at radius 3 is 2.67 bits per heavy atom. The summed E-state index contributed by atoms with van der Waals surface area (Å²) < 4.78 is 1.84. The second-order valence-corrected chi connectivity index (χ2v) is 3.65. The van der Waals surface area contributed by atoms with E-state index in [2.05, 4.69) is 24.2 Å². The van der Waals surface area contributed by atoms with Gasteiger partial charge in [0.2, 0.25) is 0 Å². The average Bonchev–Trinajstić information content (AvgIpc) is 2.60. The number of hydrogen-bond donors (Lipinski definition) is 1. The standard InChI is InChI=1S/C12H15N3/c1-9-5-3-4-6-10(9)11-8-14-15(2)12(11)7-13/h3-6,8H,7,13H2,1-2H3. The molecule has 0 bridgehead atoms. The van der Waals surface area contributed by atoms with Crippen LogP contribution in [0.1, 0.15) is 11.3 Å². The summed E-state index contributed by atoms with van der Waals surface area (Å²) >= 11 is 0. The quantitative estimate of drug-likeness (QED) is 0.806. The van der Waals surface area contributed by atoms with E-state index in [0.29, 0.717) is 6.54 Å². The van der Waals surface area contributed by atoms with Gasteiger partial charge in [-0.05, 0) is 18.1 Å². The van der Waals surface area contributed by atoms with Gasteiger partial charge in [0.15, 0.2) is 0 Å². The highest BCUT2D eigenvalue weighted by molar-refractivity contribution is 5.68. The van der Waals surface area contributed by atoms with E-state index in [1.807, 2.05) is 30.1 Å². The van der Waals surface area contributed by atoms with E-state index in [-0.39, 0.29) is 0 Å². The maximum atomic E-state index is 5.72.